The molecule has 2 aromatic heterocycles. The quantitative estimate of drug-likeness (QED) is 0.236. The second-order valence-corrected chi connectivity index (χ2v) is 11.4. The number of fused-ring (bicyclic) bond motifs is 2. The summed E-state index contributed by atoms with van der Waals surface area (Å²) in [4.78, 5) is 33.1. The van der Waals surface area contributed by atoms with Gasteiger partial charge in [-0.1, -0.05) is 40.7 Å². The summed E-state index contributed by atoms with van der Waals surface area (Å²) in [5.41, 5.74) is 12.2. The van der Waals surface area contributed by atoms with Gasteiger partial charge in [0.25, 0.3) is 11.2 Å². The van der Waals surface area contributed by atoms with Gasteiger partial charge in [0.15, 0.2) is 0 Å². The summed E-state index contributed by atoms with van der Waals surface area (Å²) < 4.78 is 1.50. The van der Waals surface area contributed by atoms with Crippen LogP contribution in [0.15, 0.2) is 35.3 Å². The van der Waals surface area contributed by atoms with Crippen LogP contribution in [0.4, 0.5) is 11.4 Å². The minimum atomic E-state index is -0.513. The van der Waals surface area contributed by atoms with Crippen molar-refractivity contribution < 1.29 is 4.92 Å². The number of aromatic nitrogens is 4. The highest BCUT2D eigenvalue weighted by atomic mass is 16.6. The lowest BCUT2D eigenvalue weighted by molar-refractivity contribution is -0.384. The molecule has 0 fully saturated rings. The molecule has 4 aromatic rings. The van der Waals surface area contributed by atoms with Crippen LogP contribution in [0.1, 0.15) is 63.3 Å². The number of aryl methyl sites for hydroxylation is 1. The third kappa shape index (κ3) is 3.75. The van der Waals surface area contributed by atoms with Crippen molar-refractivity contribution in [1.29, 1.82) is 0 Å². The molecule has 0 radical (unpaired) electrons. The third-order valence-electron chi connectivity index (χ3n) is 7.29. The number of hydrogen-bond acceptors (Lipinski definition) is 6. The molecule has 0 saturated heterocycles. The second kappa shape index (κ2) is 7.74. The third-order valence-corrected chi connectivity index (χ3v) is 7.29. The maximum Gasteiger partial charge on any atom is 0.289 e. The topological polar surface area (TPSA) is 132 Å². The first-order valence-electron chi connectivity index (χ1n) is 12.0. The minimum absolute atomic E-state index is 0.00115. The number of nitrogens with zero attached hydrogens (tertiary/aromatic N) is 4. The van der Waals surface area contributed by atoms with Gasteiger partial charge >= 0.3 is 0 Å². The van der Waals surface area contributed by atoms with Crippen LogP contribution in [0.3, 0.4) is 0 Å². The number of aromatic amines is 1. The van der Waals surface area contributed by atoms with E-state index in [2.05, 4.69) is 56.8 Å². The molecule has 0 spiro atoms. The van der Waals surface area contributed by atoms with Crippen LogP contribution >= 0.6 is 0 Å². The lowest BCUT2D eigenvalue weighted by atomic mass is 9.79. The Balaban J connectivity index is 1.72. The van der Waals surface area contributed by atoms with E-state index in [0.717, 1.165) is 24.1 Å². The van der Waals surface area contributed by atoms with Gasteiger partial charge in [0, 0.05) is 28.9 Å². The van der Waals surface area contributed by atoms with Gasteiger partial charge in [-0.25, -0.2) is 14.5 Å². The molecule has 0 saturated carbocycles. The first-order valence-corrected chi connectivity index (χ1v) is 12.0. The molecule has 1 aliphatic rings. The van der Waals surface area contributed by atoms with E-state index in [-0.39, 0.29) is 39.2 Å². The molecular weight excluding hydrogens is 456 g/mol. The fourth-order valence-corrected chi connectivity index (χ4v) is 5.02. The molecule has 9 heteroatoms. The summed E-state index contributed by atoms with van der Waals surface area (Å²) in [5, 5.41) is 14.2. The Hall–Kier alpha value is -4.01. The lowest BCUT2D eigenvalue weighted by Gasteiger charge is -2.25. The number of non-ortho nitro benzene ring substituents is 1. The minimum Gasteiger partial charge on any atom is -0.398 e. The average Bonchev–Trinajstić information content (AvgIpc) is 3.33. The number of nitrogens with two attached hydrogens (primary N) is 1. The Morgan fingerprint density at radius 2 is 1.86 bits per heavy atom. The largest absolute Gasteiger partial charge is 0.398 e. The van der Waals surface area contributed by atoms with Gasteiger partial charge in [0.05, 0.1) is 16.8 Å². The van der Waals surface area contributed by atoms with Crippen LogP contribution < -0.4 is 11.3 Å². The average molecular weight is 487 g/mol. The number of imidazole rings is 1. The number of nitrogen functional groups attached to an aromatic ring is 1. The van der Waals surface area contributed by atoms with E-state index in [0.29, 0.717) is 5.56 Å². The zero-order valence-corrected chi connectivity index (χ0v) is 21.4. The molecule has 36 heavy (non-hydrogen) atoms. The van der Waals surface area contributed by atoms with Crippen molar-refractivity contribution in [2.24, 2.45) is 0 Å². The van der Waals surface area contributed by atoms with Crippen LogP contribution in [0, 0.1) is 17.0 Å². The molecule has 0 bridgehead atoms. The standard InChI is InChI=1S/C27H30N6O3/c1-14-9-16(33(35)36)12-19(22(14)28)23-24(34)31-32-13-21(29-25(32)30-23)18-10-15(26(2,3)4)11-20-17(18)7-8-27(20,5)6/h9-13H,7-8,28H2,1-6H3,(H,31,34). The van der Waals surface area contributed by atoms with E-state index in [1.54, 1.807) is 13.1 Å². The van der Waals surface area contributed by atoms with Crippen molar-refractivity contribution in [3.63, 3.8) is 0 Å². The number of hydrogen-bond donors (Lipinski definition) is 2. The van der Waals surface area contributed by atoms with E-state index >= 15 is 0 Å². The molecule has 0 amide bonds. The number of nitro groups is 1. The molecule has 0 unspecified atom stereocenters. The molecule has 1 aliphatic carbocycles. The Morgan fingerprint density at radius 3 is 2.53 bits per heavy atom. The number of anilines is 1. The van der Waals surface area contributed by atoms with Crippen molar-refractivity contribution in [2.45, 2.75) is 65.2 Å². The van der Waals surface area contributed by atoms with E-state index in [1.807, 2.05) is 0 Å². The van der Waals surface area contributed by atoms with E-state index < -0.39 is 10.5 Å². The predicted molar refractivity (Wildman–Crippen MR) is 140 cm³/mol. The monoisotopic (exact) mass is 486 g/mol. The Morgan fingerprint density at radius 1 is 1.14 bits per heavy atom. The summed E-state index contributed by atoms with van der Waals surface area (Å²) in [7, 11) is 0. The van der Waals surface area contributed by atoms with Gasteiger partial charge in [-0.2, -0.15) is 0 Å². The normalized spacial score (nSPS) is 14.8. The zero-order chi connectivity index (χ0) is 26.2. The smallest absolute Gasteiger partial charge is 0.289 e. The van der Waals surface area contributed by atoms with Crippen LogP contribution in [-0.2, 0) is 17.3 Å². The molecule has 2 aromatic carbocycles. The second-order valence-electron chi connectivity index (χ2n) is 11.4. The zero-order valence-electron chi connectivity index (χ0n) is 21.4. The van der Waals surface area contributed by atoms with E-state index in [1.165, 1.54) is 33.3 Å². The van der Waals surface area contributed by atoms with Gasteiger partial charge in [-0.3, -0.25) is 20.0 Å². The highest BCUT2D eigenvalue weighted by molar-refractivity contribution is 5.79. The van der Waals surface area contributed by atoms with Crippen LogP contribution in [-0.4, -0.2) is 24.5 Å². The van der Waals surface area contributed by atoms with Crippen molar-refractivity contribution in [3.05, 3.63) is 73.2 Å². The molecule has 0 aliphatic heterocycles. The van der Waals surface area contributed by atoms with Gasteiger partial charge in [0.2, 0.25) is 5.78 Å². The van der Waals surface area contributed by atoms with Gasteiger partial charge in [-0.05, 0) is 58.9 Å². The molecule has 2 heterocycles. The predicted octanol–water partition coefficient (Wildman–Crippen LogP) is 5.07. The number of rotatable bonds is 3. The molecular formula is C27H30N6O3. The first-order chi connectivity index (χ1) is 16.8. The maximum atomic E-state index is 13.0. The lowest BCUT2D eigenvalue weighted by Crippen LogP contribution is -2.16. The van der Waals surface area contributed by atoms with Gasteiger partial charge in [-0.15, -0.1) is 0 Å². The van der Waals surface area contributed by atoms with Gasteiger partial charge < -0.3 is 5.73 Å². The summed E-state index contributed by atoms with van der Waals surface area (Å²) in [6.07, 6.45) is 3.79. The molecule has 5 rings (SSSR count). The van der Waals surface area contributed by atoms with Crippen LogP contribution in [0.2, 0.25) is 0 Å². The fraction of sp³-hybridized carbons (Fsp3) is 0.370. The Labute approximate surface area is 208 Å². The molecule has 9 nitrogen and oxygen atoms in total. The Bertz CT molecular complexity index is 1620. The van der Waals surface area contributed by atoms with Crippen LogP contribution in [0.5, 0.6) is 0 Å². The van der Waals surface area contributed by atoms with E-state index in [4.69, 9.17) is 10.7 Å². The van der Waals surface area contributed by atoms with Crippen molar-refractivity contribution in [3.8, 4) is 22.5 Å². The van der Waals surface area contributed by atoms with Crippen molar-refractivity contribution in [2.75, 3.05) is 5.73 Å². The number of H-pyrrole nitrogens is 1. The number of nitrogens with one attached hydrogen (secondary N) is 1. The summed E-state index contributed by atoms with van der Waals surface area (Å²) >= 11 is 0. The SMILES string of the molecule is Cc1cc([N+](=O)[O-])cc(-c2nc3nc(-c4cc(C(C)(C)C)cc5c4CCC5(C)C)cn3[nH]c2=O)c1N. The summed E-state index contributed by atoms with van der Waals surface area (Å²) in [6.45, 7) is 12.8. The highest BCUT2D eigenvalue weighted by Gasteiger charge is 2.34. The van der Waals surface area contributed by atoms with Gasteiger partial charge in [0.1, 0.15) is 5.69 Å². The first kappa shape index (κ1) is 23.7. The molecule has 3 N–H and O–H groups in total. The summed E-state index contributed by atoms with van der Waals surface area (Å²) in [6, 6.07) is 7.18. The van der Waals surface area contributed by atoms with Crippen LogP contribution in [0.25, 0.3) is 28.3 Å². The Kier molecular flexibility index (Phi) is 5.10. The van der Waals surface area contributed by atoms with Crippen molar-refractivity contribution >= 4 is 17.2 Å². The summed E-state index contributed by atoms with van der Waals surface area (Å²) in [5.74, 6) is 0.287. The molecule has 0 atom stereocenters. The fourth-order valence-electron chi connectivity index (χ4n) is 5.02. The number of benzene rings is 2. The van der Waals surface area contributed by atoms with Crippen molar-refractivity contribution in [1.82, 2.24) is 19.6 Å². The molecule has 186 valence electrons. The highest BCUT2D eigenvalue weighted by Crippen LogP contribution is 2.45. The van der Waals surface area contributed by atoms with E-state index in [9.17, 15) is 14.9 Å². The maximum absolute atomic E-state index is 13.0. The number of nitro benzene ring substituents is 1.